The number of hydrogen-bond donors (Lipinski definition) is 1. The van der Waals surface area contributed by atoms with Gasteiger partial charge in [-0.3, -0.25) is 0 Å². The number of nitrogens with one attached hydrogen (secondary N) is 1. The molecule has 1 N–H and O–H groups in total. The Balaban J connectivity index is 2.47. The van der Waals surface area contributed by atoms with Crippen LogP contribution in [0.4, 0.5) is 0 Å². The summed E-state index contributed by atoms with van der Waals surface area (Å²) < 4.78 is 5.27. The van der Waals surface area contributed by atoms with Crippen molar-refractivity contribution in [3.8, 4) is 5.88 Å². The molecule has 0 saturated carbocycles. The molecule has 0 amide bonds. The van der Waals surface area contributed by atoms with E-state index in [2.05, 4.69) is 15.0 Å². The van der Waals surface area contributed by atoms with E-state index in [1.807, 2.05) is 13.0 Å². The zero-order valence-corrected chi connectivity index (χ0v) is 6.74. The highest BCUT2D eigenvalue weighted by Crippen LogP contribution is 2.16. The molecule has 4 nitrogen and oxygen atoms in total. The van der Waals surface area contributed by atoms with E-state index in [4.69, 9.17) is 4.74 Å². The van der Waals surface area contributed by atoms with Crippen molar-refractivity contribution in [2.45, 2.75) is 6.92 Å². The molecular weight excluding hydrogens is 154 g/mol. The molecular formula is C8H9N3O. The molecule has 0 aliphatic heterocycles. The molecule has 0 atom stereocenters. The monoisotopic (exact) mass is 163 g/mol. The molecule has 62 valence electrons. The van der Waals surface area contributed by atoms with Crippen LogP contribution in [0, 0.1) is 0 Å². The van der Waals surface area contributed by atoms with E-state index in [9.17, 15) is 0 Å². The molecule has 2 rings (SSSR count). The van der Waals surface area contributed by atoms with Crippen LogP contribution in [-0.2, 0) is 0 Å². The zero-order chi connectivity index (χ0) is 8.39. The summed E-state index contributed by atoms with van der Waals surface area (Å²) >= 11 is 0. The fourth-order valence-electron chi connectivity index (χ4n) is 1.08. The average Bonchev–Trinajstić information content (AvgIpc) is 2.47. The van der Waals surface area contributed by atoms with Gasteiger partial charge in [0.25, 0.3) is 0 Å². The number of aromatic nitrogens is 3. The van der Waals surface area contributed by atoms with Crippen molar-refractivity contribution in [2.75, 3.05) is 6.61 Å². The number of nitrogens with zero attached hydrogens (tertiary/aromatic N) is 2. The Kier molecular flexibility index (Phi) is 1.66. The van der Waals surface area contributed by atoms with Crippen molar-refractivity contribution in [1.82, 2.24) is 15.0 Å². The summed E-state index contributed by atoms with van der Waals surface area (Å²) in [5.74, 6) is 0.744. The molecule has 0 aliphatic rings. The van der Waals surface area contributed by atoms with E-state index in [0.29, 0.717) is 6.61 Å². The van der Waals surface area contributed by atoms with Gasteiger partial charge in [-0.15, -0.1) is 0 Å². The van der Waals surface area contributed by atoms with Crippen LogP contribution in [0.15, 0.2) is 18.6 Å². The minimum atomic E-state index is 0.653. The van der Waals surface area contributed by atoms with Gasteiger partial charge < -0.3 is 9.72 Å². The number of hydrogen-bond acceptors (Lipinski definition) is 3. The molecule has 0 saturated heterocycles. The van der Waals surface area contributed by atoms with Gasteiger partial charge in [0.1, 0.15) is 6.33 Å². The Hall–Kier alpha value is -1.58. The summed E-state index contributed by atoms with van der Waals surface area (Å²) in [7, 11) is 0. The molecule has 12 heavy (non-hydrogen) atoms. The van der Waals surface area contributed by atoms with Gasteiger partial charge in [0, 0.05) is 6.07 Å². The zero-order valence-electron chi connectivity index (χ0n) is 6.74. The molecule has 0 radical (unpaired) electrons. The van der Waals surface area contributed by atoms with E-state index in [0.717, 1.165) is 16.9 Å². The van der Waals surface area contributed by atoms with Gasteiger partial charge in [-0.25, -0.2) is 9.97 Å². The van der Waals surface area contributed by atoms with E-state index in [-0.39, 0.29) is 0 Å². The maximum absolute atomic E-state index is 5.27. The number of aromatic amines is 1. The SMILES string of the molecule is CCOc1cc2ncncc2[nH]1. The molecule has 0 spiro atoms. The predicted octanol–water partition coefficient (Wildman–Crippen LogP) is 1.36. The third kappa shape index (κ3) is 1.11. The van der Waals surface area contributed by atoms with Gasteiger partial charge in [-0.1, -0.05) is 0 Å². The number of rotatable bonds is 2. The topological polar surface area (TPSA) is 50.8 Å². The second-order valence-electron chi connectivity index (χ2n) is 2.39. The first-order chi connectivity index (χ1) is 5.90. The second-order valence-corrected chi connectivity index (χ2v) is 2.39. The fraction of sp³-hybridized carbons (Fsp3) is 0.250. The summed E-state index contributed by atoms with van der Waals surface area (Å²) in [5, 5.41) is 0. The van der Waals surface area contributed by atoms with Crippen LogP contribution >= 0.6 is 0 Å². The van der Waals surface area contributed by atoms with Gasteiger partial charge in [0.05, 0.1) is 23.8 Å². The molecule has 0 aromatic carbocycles. The lowest BCUT2D eigenvalue weighted by Gasteiger charge is -1.94. The van der Waals surface area contributed by atoms with Crippen LogP contribution in [0.25, 0.3) is 11.0 Å². The predicted molar refractivity (Wildman–Crippen MR) is 45.1 cm³/mol. The minimum absolute atomic E-state index is 0.653. The van der Waals surface area contributed by atoms with E-state index in [1.54, 1.807) is 6.20 Å². The Bertz CT molecular complexity index is 349. The van der Waals surface area contributed by atoms with Gasteiger partial charge >= 0.3 is 0 Å². The molecule has 4 heteroatoms. The molecule has 0 bridgehead atoms. The summed E-state index contributed by atoms with van der Waals surface area (Å²) in [6.07, 6.45) is 3.25. The molecule has 0 aliphatic carbocycles. The van der Waals surface area contributed by atoms with Crippen LogP contribution in [0.5, 0.6) is 5.88 Å². The first-order valence-electron chi connectivity index (χ1n) is 3.81. The van der Waals surface area contributed by atoms with Crippen LogP contribution in [-0.4, -0.2) is 21.6 Å². The van der Waals surface area contributed by atoms with Crippen LogP contribution in [0.3, 0.4) is 0 Å². The molecule has 2 aromatic heterocycles. The number of fused-ring (bicyclic) bond motifs is 1. The van der Waals surface area contributed by atoms with Crippen molar-refractivity contribution in [3.63, 3.8) is 0 Å². The van der Waals surface area contributed by atoms with Crippen LogP contribution in [0.1, 0.15) is 6.92 Å². The maximum Gasteiger partial charge on any atom is 0.193 e. The number of ether oxygens (including phenoxy) is 1. The van der Waals surface area contributed by atoms with Crippen molar-refractivity contribution < 1.29 is 4.74 Å². The number of H-pyrrole nitrogens is 1. The normalized spacial score (nSPS) is 10.4. The Morgan fingerprint density at radius 1 is 1.58 bits per heavy atom. The first kappa shape index (κ1) is 7.09. The van der Waals surface area contributed by atoms with Crippen LogP contribution in [0.2, 0.25) is 0 Å². The van der Waals surface area contributed by atoms with Gasteiger partial charge in [0.15, 0.2) is 5.88 Å². The maximum atomic E-state index is 5.27. The van der Waals surface area contributed by atoms with Crippen molar-refractivity contribution in [1.29, 1.82) is 0 Å². The van der Waals surface area contributed by atoms with Gasteiger partial charge in [-0.05, 0) is 6.92 Å². The first-order valence-corrected chi connectivity index (χ1v) is 3.81. The Morgan fingerprint density at radius 2 is 2.50 bits per heavy atom. The third-order valence-electron chi connectivity index (χ3n) is 1.57. The summed E-state index contributed by atoms with van der Waals surface area (Å²) in [4.78, 5) is 11.0. The van der Waals surface area contributed by atoms with E-state index >= 15 is 0 Å². The highest BCUT2D eigenvalue weighted by atomic mass is 16.5. The summed E-state index contributed by atoms with van der Waals surface area (Å²) in [5.41, 5.74) is 1.79. The fourth-order valence-corrected chi connectivity index (χ4v) is 1.08. The van der Waals surface area contributed by atoms with Crippen molar-refractivity contribution >= 4 is 11.0 Å². The van der Waals surface area contributed by atoms with E-state index < -0.39 is 0 Å². The molecule has 0 fully saturated rings. The standard InChI is InChI=1S/C8H9N3O/c1-2-12-8-3-6-7(11-8)4-9-5-10-6/h3-5,11H,2H2,1H3. The minimum Gasteiger partial charge on any atom is -0.479 e. The quantitative estimate of drug-likeness (QED) is 0.727. The lowest BCUT2D eigenvalue weighted by molar-refractivity contribution is 0.329. The average molecular weight is 163 g/mol. The Labute approximate surface area is 69.6 Å². The lowest BCUT2D eigenvalue weighted by atomic mass is 10.5. The largest absolute Gasteiger partial charge is 0.479 e. The van der Waals surface area contributed by atoms with Gasteiger partial charge in [0.2, 0.25) is 0 Å². The summed E-state index contributed by atoms with van der Waals surface area (Å²) in [6.45, 7) is 2.59. The Morgan fingerprint density at radius 3 is 3.25 bits per heavy atom. The van der Waals surface area contributed by atoms with Crippen molar-refractivity contribution in [2.24, 2.45) is 0 Å². The smallest absolute Gasteiger partial charge is 0.193 e. The summed E-state index contributed by atoms with van der Waals surface area (Å²) in [6, 6.07) is 1.86. The molecule has 2 aromatic rings. The van der Waals surface area contributed by atoms with Gasteiger partial charge in [-0.2, -0.15) is 0 Å². The third-order valence-corrected chi connectivity index (χ3v) is 1.57. The molecule has 0 unspecified atom stereocenters. The second kappa shape index (κ2) is 2.81. The van der Waals surface area contributed by atoms with E-state index in [1.165, 1.54) is 6.33 Å². The van der Waals surface area contributed by atoms with Crippen molar-refractivity contribution in [3.05, 3.63) is 18.6 Å². The highest BCUT2D eigenvalue weighted by Gasteiger charge is 2.00. The molecule has 2 heterocycles. The highest BCUT2D eigenvalue weighted by molar-refractivity contribution is 5.75. The lowest BCUT2D eigenvalue weighted by Crippen LogP contribution is -1.89. The van der Waals surface area contributed by atoms with Crippen LogP contribution < -0.4 is 4.74 Å².